The van der Waals surface area contributed by atoms with E-state index in [4.69, 9.17) is 5.73 Å². The van der Waals surface area contributed by atoms with Gasteiger partial charge in [0.2, 0.25) is 0 Å². The van der Waals surface area contributed by atoms with E-state index in [9.17, 15) is 13.9 Å². The van der Waals surface area contributed by atoms with E-state index in [1.54, 1.807) is 24.3 Å². The Kier molecular flexibility index (Phi) is 3.69. The van der Waals surface area contributed by atoms with Gasteiger partial charge in [0.15, 0.2) is 11.6 Å². The van der Waals surface area contributed by atoms with Crippen LogP contribution >= 0.6 is 0 Å². The van der Waals surface area contributed by atoms with Gasteiger partial charge in [-0.05, 0) is 28.8 Å². The van der Waals surface area contributed by atoms with E-state index in [0.29, 0.717) is 17.7 Å². The molecule has 0 amide bonds. The second kappa shape index (κ2) is 5.25. The number of benzene rings is 2. The first kappa shape index (κ1) is 12.7. The van der Waals surface area contributed by atoms with Gasteiger partial charge in [-0.15, -0.1) is 0 Å². The lowest BCUT2D eigenvalue weighted by molar-refractivity contribution is 0.219. The molecule has 0 heterocycles. The highest BCUT2D eigenvalue weighted by Gasteiger charge is 2.12. The van der Waals surface area contributed by atoms with Gasteiger partial charge >= 0.3 is 0 Å². The van der Waals surface area contributed by atoms with Crippen molar-refractivity contribution in [3.63, 3.8) is 0 Å². The van der Waals surface area contributed by atoms with Crippen molar-refractivity contribution in [1.29, 1.82) is 0 Å². The van der Waals surface area contributed by atoms with Crippen molar-refractivity contribution in [3.05, 3.63) is 70.8 Å². The van der Waals surface area contributed by atoms with Crippen LogP contribution in [0.3, 0.4) is 0 Å². The Morgan fingerprint density at radius 3 is 2.11 bits per heavy atom. The van der Waals surface area contributed by atoms with E-state index < -0.39 is 17.7 Å². The molecule has 0 saturated carbocycles. The molecule has 0 aromatic heterocycles. The van der Waals surface area contributed by atoms with E-state index in [1.165, 1.54) is 6.07 Å². The average Bonchev–Trinajstić information content (AvgIpc) is 2.41. The summed E-state index contributed by atoms with van der Waals surface area (Å²) in [5, 5.41) is 10.1. The third-order valence-corrected chi connectivity index (χ3v) is 2.79. The van der Waals surface area contributed by atoms with Gasteiger partial charge in [-0.1, -0.05) is 30.3 Å². The summed E-state index contributed by atoms with van der Waals surface area (Å²) in [5.41, 5.74) is 7.33. The zero-order valence-corrected chi connectivity index (χ0v) is 9.61. The summed E-state index contributed by atoms with van der Waals surface area (Å²) in [6, 6.07) is 10.4. The molecular formula is C14H13F2NO. The minimum atomic E-state index is -0.980. The lowest BCUT2D eigenvalue weighted by Crippen LogP contribution is -2.02. The molecule has 0 aliphatic heterocycles. The molecule has 0 aliphatic carbocycles. The van der Waals surface area contributed by atoms with Gasteiger partial charge in [-0.2, -0.15) is 0 Å². The Labute approximate surface area is 104 Å². The van der Waals surface area contributed by atoms with E-state index >= 15 is 0 Å². The standard InChI is InChI=1S/C14H13F2NO/c15-12-6-5-11(7-13(12)16)14(18)10-3-1-9(8-17)2-4-10/h1-7,14,18H,8,17H2. The lowest BCUT2D eigenvalue weighted by atomic mass is 10.0. The smallest absolute Gasteiger partial charge is 0.159 e. The molecule has 0 spiro atoms. The van der Waals surface area contributed by atoms with Gasteiger partial charge in [0, 0.05) is 6.54 Å². The highest BCUT2D eigenvalue weighted by molar-refractivity contribution is 5.32. The van der Waals surface area contributed by atoms with Crippen LogP contribution in [0.4, 0.5) is 8.78 Å². The van der Waals surface area contributed by atoms with Crippen molar-refractivity contribution in [3.8, 4) is 0 Å². The van der Waals surface area contributed by atoms with Crippen LogP contribution in [0.2, 0.25) is 0 Å². The summed E-state index contributed by atoms with van der Waals surface area (Å²) in [7, 11) is 0. The Balaban J connectivity index is 2.28. The van der Waals surface area contributed by atoms with Crippen molar-refractivity contribution in [1.82, 2.24) is 0 Å². The highest BCUT2D eigenvalue weighted by Crippen LogP contribution is 2.23. The molecule has 2 nitrogen and oxygen atoms in total. The Morgan fingerprint density at radius 2 is 1.56 bits per heavy atom. The number of hydrogen-bond acceptors (Lipinski definition) is 2. The van der Waals surface area contributed by atoms with Crippen LogP contribution in [0.1, 0.15) is 22.8 Å². The molecule has 1 atom stereocenters. The summed E-state index contributed by atoms with van der Waals surface area (Å²) in [6.07, 6.45) is -0.980. The third-order valence-electron chi connectivity index (χ3n) is 2.79. The first-order chi connectivity index (χ1) is 8.61. The molecule has 0 bridgehead atoms. The molecule has 0 fully saturated rings. The van der Waals surface area contributed by atoms with Crippen LogP contribution in [0.25, 0.3) is 0 Å². The Hall–Kier alpha value is -1.78. The molecule has 2 aromatic rings. The molecule has 0 aliphatic rings. The van der Waals surface area contributed by atoms with E-state index in [-0.39, 0.29) is 0 Å². The fourth-order valence-corrected chi connectivity index (χ4v) is 1.71. The minimum Gasteiger partial charge on any atom is -0.384 e. The Morgan fingerprint density at radius 1 is 0.944 bits per heavy atom. The second-order valence-corrected chi connectivity index (χ2v) is 4.02. The first-order valence-electron chi connectivity index (χ1n) is 5.53. The van der Waals surface area contributed by atoms with Crippen LogP contribution in [0.15, 0.2) is 42.5 Å². The molecule has 18 heavy (non-hydrogen) atoms. The molecule has 2 aromatic carbocycles. The van der Waals surface area contributed by atoms with Crippen molar-refractivity contribution in [2.75, 3.05) is 0 Å². The van der Waals surface area contributed by atoms with E-state index in [1.807, 2.05) is 0 Å². The van der Waals surface area contributed by atoms with Gasteiger partial charge in [-0.3, -0.25) is 0 Å². The van der Waals surface area contributed by atoms with Gasteiger partial charge in [0.05, 0.1) is 0 Å². The number of nitrogens with two attached hydrogens (primary N) is 1. The van der Waals surface area contributed by atoms with Crippen LogP contribution in [0.5, 0.6) is 0 Å². The first-order valence-corrected chi connectivity index (χ1v) is 5.53. The van der Waals surface area contributed by atoms with Gasteiger partial charge in [-0.25, -0.2) is 8.78 Å². The largest absolute Gasteiger partial charge is 0.384 e. The van der Waals surface area contributed by atoms with Gasteiger partial charge < -0.3 is 10.8 Å². The maximum absolute atomic E-state index is 13.1. The quantitative estimate of drug-likeness (QED) is 0.878. The van der Waals surface area contributed by atoms with Crippen molar-refractivity contribution >= 4 is 0 Å². The van der Waals surface area contributed by atoms with Crippen LogP contribution in [-0.2, 0) is 6.54 Å². The maximum atomic E-state index is 13.1. The van der Waals surface area contributed by atoms with Crippen molar-refractivity contribution in [2.24, 2.45) is 5.73 Å². The number of aliphatic hydroxyl groups is 1. The predicted molar refractivity (Wildman–Crippen MR) is 64.8 cm³/mol. The molecule has 94 valence electrons. The number of rotatable bonds is 3. The normalized spacial score (nSPS) is 12.4. The average molecular weight is 249 g/mol. The molecule has 0 saturated heterocycles. The molecule has 4 heteroatoms. The van der Waals surface area contributed by atoms with Crippen molar-refractivity contribution in [2.45, 2.75) is 12.6 Å². The predicted octanol–water partition coefficient (Wildman–Crippen LogP) is 2.51. The fraction of sp³-hybridized carbons (Fsp3) is 0.143. The molecule has 2 rings (SSSR count). The third kappa shape index (κ3) is 2.55. The molecule has 0 radical (unpaired) electrons. The van der Waals surface area contributed by atoms with Crippen LogP contribution in [-0.4, -0.2) is 5.11 Å². The zero-order chi connectivity index (χ0) is 13.1. The molecule has 3 N–H and O–H groups in total. The van der Waals surface area contributed by atoms with Crippen LogP contribution < -0.4 is 5.73 Å². The summed E-state index contributed by atoms with van der Waals surface area (Å²) < 4.78 is 25.9. The molecule has 1 unspecified atom stereocenters. The second-order valence-electron chi connectivity index (χ2n) is 4.02. The summed E-state index contributed by atoms with van der Waals surface area (Å²) in [4.78, 5) is 0. The lowest BCUT2D eigenvalue weighted by Gasteiger charge is -2.12. The highest BCUT2D eigenvalue weighted by atomic mass is 19.2. The van der Waals surface area contributed by atoms with E-state index in [2.05, 4.69) is 0 Å². The number of halogens is 2. The fourth-order valence-electron chi connectivity index (χ4n) is 1.71. The Bertz CT molecular complexity index is 540. The summed E-state index contributed by atoms with van der Waals surface area (Å²) in [6.45, 7) is 0.418. The molecular weight excluding hydrogens is 236 g/mol. The van der Waals surface area contributed by atoms with Crippen LogP contribution in [0, 0.1) is 11.6 Å². The van der Waals surface area contributed by atoms with E-state index in [0.717, 1.165) is 17.7 Å². The number of aliphatic hydroxyl groups excluding tert-OH is 1. The SMILES string of the molecule is NCc1ccc(C(O)c2ccc(F)c(F)c2)cc1. The number of hydrogen-bond donors (Lipinski definition) is 2. The topological polar surface area (TPSA) is 46.2 Å². The van der Waals surface area contributed by atoms with Gasteiger partial charge in [0.25, 0.3) is 0 Å². The maximum Gasteiger partial charge on any atom is 0.159 e. The van der Waals surface area contributed by atoms with Crippen molar-refractivity contribution < 1.29 is 13.9 Å². The summed E-state index contributed by atoms with van der Waals surface area (Å²) >= 11 is 0. The van der Waals surface area contributed by atoms with Gasteiger partial charge in [0.1, 0.15) is 6.10 Å². The monoisotopic (exact) mass is 249 g/mol. The zero-order valence-electron chi connectivity index (χ0n) is 9.61. The summed E-state index contributed by atoms with van der Waals surface area (Å²) in [5.74, 6) is -1.89. The minimum absolute atomic E-state index is 0.314.